The zero-order chi connectivity index (χ0) is 22.6. The fraction of sp³-hybridized carbons (Fsp3) is 0.591. The van der Waals surface area contributed by atoms with Gasteiger partial charge in [-0.25, -0.2) is 4.98 Å². The van der Waals surface area contributed by atoms with Crippen LogP contribution in [0.1, 0.15) is 50.5 Å². The number of ether oxygens (including phenoxy) is 1. The second-order valence-electron chi connectivity index (χ2n) is 8.41. The summed E-state index contributed by atoms with van der Waals surface area (Å²) >= 11 is 0. The molecule has 30 heavy (non-hydrogen) atoms. The minimum absolute atomic E-state index is 0.0880. The van der Waals surface area contributed by atoms with Crippen molar-refractivity contribution < 1.29 is 24.5 Å². The molecule has 0 saturated heterocycles. The molecule has 2 heterocycles. The van der Waals surface area contributed by atoms with E-state index >= 15 is 0 Å². The van der Waals surface area contributed by atoms with Crippen LogP contribution in [0.25, 0.3) is 0 Å². The normalized spacial score (nSPS) is 20.1. The monoisotopic (exact) mass is 417 g/mol. The highest BCUT2D eigenvalue weighted by molar-refractivity contribution is 5.97. The van der Waals surface area contributed by atoms with Crippen LogP contribution in [0, 0.1) is 17.8 Å². The van der Waals surface area contributed by atoms with E-state index in [0.29, 0.717) is 18.7 Å². The number of fused-ring (bicyclic) bond motifs is 1. The lowest BCUT2D eigenvalue weighted by Crippen LogP contribution is -2.50. The third-order valence-electron chi connectivity index (χ3n) is 5.03. The van der Waals surface area contributed by atoms with Crippen LogP contribution >= 0.6 is 0 Å². The molecule has 2 amide bonds. The topological polar surface area (TPSA) is 103 Å². The molecule has 0 aliphatic carbocycles. The summed E-state index contributed by atoms with van der Waals surface area (Å²) in [5.74, 6) is 5.19. The number of aliphatic hydroxyl groups is 2. The molecule has 0 spiro atoms. The molecule has 1 aliphatic heterocycles. The zero-order valence-corrected chi connectivity index (χ0v) is 18.5. The summed E-state index contributed by atoms with van der Waals surface area (Å²) in [5, 5.41) is 19.5. The summed E-state index contributed by atoms with van der Waals surface area (Å²) in [6.07, 6.45) is 1.10. The molecular weight excluding hydrogens is 386 g/mol. The van der Waals surface area contributed by atoms with Gasteiger partial charge in [0.1, 0.15) is 17.3 Å². The van der Waals surface area contributed by atoms with Gasteiger partial charge in [-0.15, -0.1) is 0 Å². The molecule has 0 aromatic carbocycles. The second kappa shape index (κ2) is 9.45. The Labute approximate surface area is 177 Å². The molecule has 8 nitrogen and oxygen atoms in total. The Bertz CT molecular complexity index is 853. The van der Waals surface area contributed by atoms with Crippen LogP contribution in [0.15, 0.2) is 12.3 Å². The molecule has 0 bridgehead atoms. The van der Waals surface area contributed by atoms with Crippen molar-refractivity contribution >= 4 is 11.8 Å². The lowest BCUT2D eigenvalue weighted by molar-refractivity contribution is -0.129. The average Bonchev–Trinajstić information content (AvgIpc) is 2.67. The first-order valence-electron chi connectivity index (χ1n) is 9.98. The van der Waals surface area contributed by atoms with Crippen molar-refractivity contribution in [3.63, 3.8) is 0 Å². The molecule has 164 valence electrons. The van der Waals surface area contributed by atoms with Crippen LogP contribution in [0.2, 0.25) is 0 Å². The number of carbonyl (C=O) groups is 2. The Morgan fingerprint density at radius 2 is 2.17 bits per heavy atom. The maximum atomic E-state index is 13.3. The average molecular weight is 418 g/mol. The van der Waals surface area contributed by atoms with Gasteiger partial charge in [-0.05, 0) is 26.8 Å². The van der Waals surface area contributed by atoms with Crippen molar-refractivity contribution in [1.29, 1.82) is 0 Å². The molecule has 1 aliphatic rings. The van der Waals surface area contributed by atoms with Gasteiger partial charge in [-0.3, -0.25) is 9.59 Å². The summed E-state index contributed by atoms with van der Waals surface area (Å²) in [6, 6.07) is 1.19. The third-order valence-corrected chi connectivity index (χ3v) is 5.03. The Balaban J connectivity index is 2.51. The van der Waals surface area contributed by atoms with Crippen LogP contribution in [0.4, 0.5) is 0 Å². The van der Waals surface area contributed by atoms with E-state index < -0.39 is 11.6 Å². The lowest BCUT2D eigenvalue weighted by atomic mass is 10.00. The fourth-order valence-electron chi connectivity index (χ4n) is 3.01. The first-order chi connectivity index (χ1) is 13.9. The number of nitrogens with zero attached hydrogens (tertiary/aromatic N) is 3. The minimum Gasteiger partial charge on any atom is -0.472 e. The number of hydrogen-bond acceptors (Lipinski definition) is 6. The number of aromatic nitrogens is 1. The highest BCUT2D eigenvalue weighted by atomic mass is 16.5. The van der Waals surface area contributed by atoms with Crippen LogP contribution < -0.4 is 4.74 Å². The number of amides is 2. The van der Waals surface area contributed by atoms with Crippen molar-refractivity contribution in [1.82, 2.24) is 14.8 Å². The Morgan fingerprint density at radius 1 is 1.50 bits per heavy atom. The van der Waals surface area contributed by atoms with E-state index in [1.807, 2.05) is 6.92 Å². The summed E-state index contributed by atoms with van der Waals surface area (Å²) in [4.78, 5) is 32.4. The van der Waals surface area contributed by atoms with Gasteiger partial charge >= 0.3 is 0 Å². The van der Waals surface area contributed by atoms with Gasteiger partial charge in [0.25, 0.3) is 5.91 Å². The lowest BCUT2D eigenvalue weighted by Gasteiger charge is -2.37. The van der Waals surface area contributed by atoms with Crippen LogP contribution in [0.5, 0.6) is 5.88 Å². The highest BCUT2D eigenvalue weighted by Crippen LogP contribution is 2.27. The van der Waals surface area contributed by atoms with Gasteiger partial charge < -0.3 is 24.7 Å². The number of pyridine rings is 1. The molecule has 2 rings (SSSR count). The summed E-state index contributed by atoms with van der Waals surface area (Å²) in [6.45, 7) is 8.85. The van der Waals surface area contributed by atoms with E-state index in [9.17, 15) is 19.8 Å². The molecule has 2 N–H and O–H groups in total. The third kappa shape index (κ3) is 5.94. The number of rotatable bonds is 4. The molecule has 3 atom stereocenters. The summed E-state index contributed by atoms with van der Waals surface area (Å²) < 4.78 is 6.09. The van der Waals surface area contributed by atoms with Gasteiger partial charge in [0.15, 0.2) is 0 Å². The van der Waals surface area contributed by atoms with Crippen molar-refractivity contribution in [2.24, 2.45) is 5.92 Å². The standard InChI is InChI=1S/C22H31N3O5/c1-14-11-25(15(2)13-26)21(28)18-9-17(7-8-22(4,5)29)10-23-20(18)30-19(14)12-24(6)16(3)27/h9-10,14-15,19,26,29H,11-13H2,1-6H3/t14-,15+,19-/m0/s1. The van der Waals surface area contributed by atoms with E-state index in [1.54, 1.807) is 43.7 Å². The molecule has 1 aromatic heterocycles. The first kappa shape index (κ1) is 23.6. The van der Waals surface area contributed by atoms with Gasteiger partial charge in [-0.2, -0.15) is 0 Å². The van der Waals surface area contributed by atoms with E-state index in [2.05, 4.69) is 16.8 Å². The maximum Gasteiger partial charge on any atom is 0.259 e. The van der Waals surface area contributed by atoms with E-state index in [4.69, 9.17) is 4.74 Å². The quantitative estimate of drug-likeness (QED) is 0.706. The largest absolute Gasteiger partial charge is 0.472 e. The maximum absolute atomic E-state index is 13.3. The first-order valence-corrected chi connectivity index (χ1v) is 9.98. The predicted octanol–water partition coefficient (Wildman–Crippen LogP) is 0.902. The van der Waals surface area contributed by atoms with Crippen LogP contribution in [-0.4, -0.2) is 81.3 Å². The Hall–Kier alpha value is -2.63. The number of hydrogen-bond donors (Lipinski definition) is 2. The van der Waals surface area contributed by atoms with E-state index in [0.717, 1.165) is 0 Å². The molecular formula is C22H31N3O5. The predicted molar refractivity (Wildman–Crippen MR) is 112 cm³/mol. The van der Waals surface area contributed by atoms with Crippen LogP contribution in [-0.2, 0) is 4.79 Å². The Morgan fingerprint density at radius 3 is 2.73 bits per heavy atom. The zero-order valence-electron chi connectivity index (χ0n) is 18.5. The molecule has 0 fully saturated rings. The van der Waals surface area contributed by atoms with E-state index in [-0.39, 0.29) is 41.9 Å². The number of likely N-dealkylation sites (N-methyl/N-ethyl adjacent to an activating group) is 1. The second-order valence-corrected chi connectivity index (χ2v) is 8.41. The van der Waals surface area contributed by atoms with Crippen molar-refractivity contribution in [2.45, 2.75) is 52.4 Å². The summed E-state index contributed by atoms with van der Waals surface area (Å²) in [5.41, 5.74) is -0.476. The fourth-order valence-corrected chi connectivity index (χ4v) is 3.01. The summed E-state index contributed by atoms with van der Waals surface area (Å²) in [7, 11) is 1.69. The highest BCUT2D eigenvalue weighted by Gasteiger charge is 2.34. The van der Waals surface area contributed by atoms with Crippen LogP contribution in [0.3, 0.4) is 0 Å². The molecule has 0 unspecified atom stereocenters. The van der Waals surface area contributed by atoms with Gasteiger partial charge in [0, 0.05) is 38.2 Å². The molecule has 0 radical (unpaired) electrons. The van der Waals surface area contributed by atoms with Crippen molar-refractivity contribution in [3.05, 3.63) is 23.4 Å². The van der Waals surface area contributed by atoms with Gasteiger partial charge in [0.05, 0.1) is 19.2 Å². The smallest absolute Gasteiger partial charge is 0.259 e. The van der Waals surface area contributed by atoms with Gasteiger partial charge in [-0.1, -0.05) is 18.8 Å². The number of carbonyl (C=O) groups excluding carboxylic acids is 2. The SMILES string of the molecule is CC(=O)N(C)C[C@@H]1Oc2ncc(C#CC(C)(C)O)cc2C(=O)N([C@H](C)CO)C[C@@H]1C. The number of aliphatic hydroxyl groups excluding tert-OH is 1. The van der Waals surface area contributed by atoms with E-state index in [1.165, 1.54) is 13.1 Å². The minimum atomic E-state index is -1.18. The molecule has 0 saturated carbocycles. The Kier molecular flexibility index (Phi) is 7.45. The molecule has 8 heteroatoms. The van der Waals surface area contributed by atoms with Crippen molar-refractivity contribution in [2.75, 3.05) is 26.7 Å². The van der Waals surface area contributed by atoms with Crippen molar-refractivity contribution in [3.8, 4) is 17.7 Å². The van der Waals surface area contributed by atoms with Gasteiger partial charge in [0.2, 0.25) is 11.8 Å². The molecule has 1 aromatic rings.